The lowest BCUT2D eigenvalue weighted by molar-refractivity contribution is -0.134. The summed E-state index contributed by atoms with van der Waals surface area (Å²) < 4.78 is 43.5. The highest BCUT2D eigenvalue weighted by Crippen LogP contribution is 2.41. The Labute approximate surface area is 233 Å². The van der Waals surface area contributed by atoms with Gasteiger partial charge in [0.05, 0.1) is 13.4 Å². The Morgan fingerprint density at radius 2 is 1.68 bits per heavy atom. The maximum atomic E-state index is 13.4. The van der Waals surface area contributed by atoms with Crippen molar-refractivity contribution in [3.63, 3.8) is 0 Å². The van der Waals surface area contributed by atoms with Crippen molar-refractivity contribution in [2.45, 2.75) is 43.7 Å². The fourth-order valence-electron chi connectivity index (χ4n) is 4.88. The molecule has 1 saturated carbocycles. The van der Waals surface area contributed by atoms with Crippen molar-refractivity contribution in [2.75, 3.05) is 39.5 Å². The predicted molar refractivity (Wildman–Crippen MR) is 147 cm³/mol. The minimum atomic E-state index is -3.36. The van der Waals surface area contributed by atoms with Crippen LogP contribution in [0.15, 0.2) is 48.5 Å². The number of hydrogen-bond acceptors (Lipinski definition) is 6. The second kappa shape index (κ2) is 12.8. The molecule has 2 fully saturated rings. The average Bonchev–Trinajstić information content (AvgIpc) is 3.70. The van der Waals surface area contributed by atoms with E-state index in [1.54, 1.807) is 7.11 Å². The summed E-state index contributed by atoms with van der Waals surface area (Å²) in [5, 5.41) is 5.77. The van der Waals surface area contributed by atoms with Crippen LogP contribution in [-0.2, 0) is 19.6 Å². The molecule has 0 spiro atoms. The quantitative estimate of drug-likeness (QED) is 0.422. The molecule has 1 aliphatic heterocycles. The first-order chi connectivity index (χ1) is 19.0. The van der Waals surface area contributed by atoms with E-state index in [0.29, 0.717) is 6.42 Å². The summed E-state index contributed by atoms with van der Waals surface area (Å²) in [7, 11) is -1.75. The highest BCUT2D eigenvalue weighted by molar-refractivity contribution is 7.88. The number of halogens is 1. The number of benzene rings is 2. The molecule has 12 heteroatoms. The van der Waals surface area contributed by atoms with Crippen molar-refractivity contribution < 1.29 is 31.9 Å². The number of carbonyl (C=O) groups is 3. The SMILES string of the molecule is COc1ccc([C@@H]2CC2NC(=O)CCC[C@H](NC(=O)c2ccc(F)cc2)C(=O)N2CCN(S(C)(=O)=O)CC2)cc1. The number of amides is 3. The normalized spacial score (nSPS) is 19.9. The maximum absolute atomic E-state index is 13.4. The van der Waals surface area contributed by atoms with Gasteiger partial charge >= 0.3 is 0 Å². The molecule has 1 unspecified atom stereocenters. The molecular formula is C28H35FN4O6S. The standard InChI is InChI=1S/C28H35FN4O6S/c1-39-22-12-8-19(9-13-22)23-18-25(23)30-26(34)5-3-4-24(31-27(35)20-6-10-21(29)11-7-20)28(36)32-14-16-33(17-15-32)40(2,37)38/h6-13,23-25H,3-5,14-18H2,1-2H3,(H,30,34)(H,31,35)/t23-,24-,25?/m0/s1. The molecule has 0 radical (unpaired) electrons. The zero-order valence-corrected chi connectivity index (χ0v) is 23.5. The Kier molecular flexibility index (Phi) is 9.41. The maximum Gasteiger partial charge on any atom is 0.251 e. The highest BCUT2D eigenvalue weighted by atomic mass is 32.2. The van der Waals surface area contributed by atoms with Crippen LogP contribution in [0.3, 0.4) is 0 Å². The largest absolute Gasteiger partial charge is 0.497 e. The van der Waals surface area contributed by atoms with Crippen LogP contribution >= 0.6 is 0 Å². The van der Waals surface area contributed by atoms with Gasteiger partial charge < -0.3 is 20.3 Å². The van der Waals surface area contributed by atoms with Crippen molar-refractivity contribution >= 4 is 27.7 Å². The zero-order chi connectivity index (χ0) is 28.9. The number of nitrogens with one attached hydrogen (secondary N) is 2. The van der Waals surface area contributed by atoms with Gasteiger partial charge in [-0.05, 0) is 61.2 Å². The number of sulfonamides is 1. The predicted octanol–water partition coefficient (Wildman–Crippen LogP) is 1.88. The van der Waals surface area contributed by atoms with Gasteiger partial charge in [0.2, 0.25) is 21.8 Å². The second-order valence-electron chi connectivity index (χ2n) is 10.2. The molecule has 0 bridgehead atoms. The first-order valence-corrected chi connectivity index (χ1v) is 15.1. The van der Waals surface area contributed by atoms with E-state index in [1.807, 2.05) is 24.3 Å². The van der Waals surface area contributed by atoms with Gasteiger partial charge in [-0.2, -0.15) is 4.31 Å². The van der Waals surface area contributed by atoms with Gasteiger partial charge in [-0.1, -0.05) is 12.1 Å². The number of carbonyl (C=O) groups excluding carboxylic acids is 3. The number of methoxy groups -OCH3 is 1. The van der Waals surface area contributed by atoms with Crippen LogP contribution in [0.5, 0.6) is 5.75 Å². The molecule has 216 valence electrons. The van der Waals surface area contributed by atoms with E-state index in [4.69, 9.17) is 4.74 Å². The van der Waals surface area contributed by atoms with Crippen molar-refractivity contribution in [1.29, 1.82) is 0 Å². The molecular weight excluding hydrogens is 539 g/mol. The Morgan fingerprint density at radius 1 is 1.02 bits per heavy atom. The number of ether oxygens (including phenoxy) is 1. The zero-order valence-electron chi connectivity index (χ0n) is 22.6. The van der Waals surface area contributed by atoms with Gasteiger partial charge in [0.15, 0.2) is 0 Å². The third-order valence-corrected chi connectivity index (χ3v) is 8.61. The van der Waals surface area contributed by atoms with Crippen molar-refractivity contribution in [2.24, 2.45) is 0 Å². The van der Waals surface area contributed by atoms with Crippen LogP contribution in [-0.4, -0.2) is 87.0 Å². The molecule has 40 heavy (non-hydrogen) atoms. The molecule has 0 aromatic heterocycles. The first kappa shape index (κ1) is 29.5. The van der Waals surface area contributed by atoms with Crippen LogP contribution in [0.25, 0.3) is 0 Å². The van der Waals surface area contributed by atoms with Crippen molar-refractivity contribution in [1.82, 2.24) is 19.8 Å². The van der Waals surface area contributed by atoms with E-state index in [-0.39, 0.29) is 68.4 Å². The molecule has 3 atom stereocenters. The molecule has 3 amide bonds. The Hall–Kier alpha value is -3.51. The summed E-state index contributed by atoms with van der Waals surface area (Å²) in [6.45, 7) is 0.734. The number of hydrogen-bond donors (Lipinski definition) is 2. The number of rotatable bonds is 11. The summed E-state index contributed by atoms with van der Waals surface area (Å²) in [4.78, 5) is 40.3. The highest BCUT2D eigenvalue weighted by Gasteiger charge is 2.39. The molecule has 10 nitrogen and oxygen atoms in total. The van der Waals surface area contributed by atoms with E-state index in [1.165, 1.54) is 21.3 Å². The van der Waals surface area contributed by atoms with Gasteiger partial charge in [-0.25, -0.2) is 12.8 Å². The Morgan fingerprint density at radius 3 is 2.27 bits per heavy atom. The van der Waals surface area contributed by atoms with Crippen LogP contribution in [0, 0.1) is 5.82 Å². The second-order valence-corrected chi connectivity index (χ2v) is 12.2. The molecule has 1 heterocycles. The topological polar surface area (TPSA) is 125 Å². The minimum absolute atomic E-state index is 0.0580. The molecule has 1 saturated heterocycles. The smallest absolute Gasteiger partial charge is 0.251 e. The fourth-order valence-corrected chi connectivity index (χ4v) is 5.71. The molecule has 1 aliphatic carbocycles. The van der Waals surface area contributed by atoms with Gasteiger partial charge in [0, 0.05) is 50.1 Å². The van der Waals surface area contributed by atoms with Crippen molar-refractivity contribution in [3.8, 4) is 5.75 Å². The summed E-state index contributed by atoms with van der Waals surface area (Å²) >= 11 is 0. The monoisotopic (exact) mass is 574 g/mol. The van der Waals surface area contributed by atoms with Gasteiger partial charge in [-0.15, -0.1) is 0 Å². The van der Waals surface area contributed by atoms with Gasteiger partial charge in [-0.3, -0.25) is 14.4 Å². The number of nitrogens with zero attached hydrogens (tertiary/aromatic N) is 2. The fraction of sp³-hybridized carbons (Fsp3) is 0.464. The number of piperazine rings is 1. The van der Waals surface area contributed by atoms with Crippen LogP contribution < -0.4 is 15.4 Å². The molecule has 2 N–H and O–H groups in total. The Bertz CT molecular complexity index is 1310. The summed E-state index contributed by atoms with van der Waals surface area (Å²) in [6, 6.07) is 11.9. The third kappa shape index (κ3) is 7.79. The van der Waals surface area contributed by atoms with E-state index in [2.05, 4.69) is 10.6 Å². The molecule has 2 aliphatic rings. The molecule has 2 aromatic carbocycles. The van der Waals surface area contributed by atoms with E-state index < -0.39 is 27.8 Å². The van der Waals surface area contributed by atoms with E-state index in [9.17, 15) is 27.2 Å². The van der Waals surface area contributed by atoms with Crippen LogP contribution in [0.4, 0.5) is 4.39 Å². The molecule has 2 aromatic rings. The van der Waals surface area contributed by atoms with Crippen molar-refractivity contribution in [3.05, 3.63) is 65.5 Å². The first-order valence-electron chi connectivity index (χ1n) is 13.3. The lowest BCUT2D eigenvalue weighted by Gasteiger charge is -2.35. The lowest BCUT2D eigenvalue weighted by Crippen LogP contribution is -2.55. The summed E-state index contributed by atoms with van der Waals surface area (Å²) in [6.07, 6.45) is 2.74. The van der Waals surface area contributed by atoms with E-state index >= 15 is 0 Å². The van der Waals surface area contributed by atoms with Gasteiger partial charge in [0.1, 0.15) is 17.6 Å². The van der Waals surface area contributed by atoms with Crippen LogP contribution in [0.1, 0.15) is 47.5 Å². The van der Waals surface area contributed by atoms with E-state index in [0.717, 1.165) is 36.1 Å². The minimum Gasteiger partial charge on any atom is -0.497 e. The summed E-state index contributed by atoms with van der Waals surface area (Å²) in [5.41, 5.74) is 1.34. The third-order valence-electron chi connectivity index (χ3n) is 7.31. The Balaban J connectivity index is 1.31. The summed E-state index contributed by atoms with van der Waals surface area (Å²) in [5.74, 6) is -0.450. The average molecular weight is 575 g/mol. The molecule has 4 rings (SSSR count). The lowest BCUT2D eigenvalue weighted by atomic mass is 10.1. The van der Waals surface area contributed by atoms with Crippen LogP contribution in [0.2, 0.25) is 0 Å². The van der Waals surface area contributed by atoms with Gasteiger partial charge in [0.25, 0.3) is 5.91 Å².